The molecule has 60 valence electrons. The monoisotopic (exact) mass is 160 g/mol. The fraction of sp³-hybridized carbons (Fsp3) is 0.100. The minimum absolute atomic E-state index is 0.348. The van der Waals surface area contributed by atoms with E-state index in [-0.39, 0.29) is 0 Å². The lowest BCUT2D eigenvalue weighted by atomic mass is 10.2. The number of fused-ring (bicyclic) bond motifs is 1. The Bertz CT molecular complexity index is 362. The first-order chi connectivity index (χ1) is 5.90. The topological polar surface area (TPSA) is 30.2 Å². The smallest absolute Gasteiger partial charge is 0.134 e. The predicted octanol–water partition coefficient (Wildman–Crippen LogP) is 2.13. The van der Waals surface area contributed by atoms with Crippen LogP contribution < -0.4 is 0 Å². The Morgan fingerprint density at radius 1 is 1.25 bits per heavy atom. The fourth-order valence-corrected chi connectivity index (χ4v) is 1.20. The molecule has 0 aromatic carbocycles. The first kappa shape index (κ1) is 7.10. The van der Waals surface area contributed by atoms with Gasteiger partial charge < -0.3 is 9.21 Å². The molecule has 2 heteroatoms. The van der Waals surface area contributed by atoms with Crippen molar-refractivity contribution in [2.75, 3.05) is 0 Å². The highest BCUT2D eigenvalue weighted by Crippen LogP contribution is 2.23. The van der Waals surface area contributed by atoms with Gasteiger partial charge >= 0.3 is 0 Å². The molecule has 1 aliphatic heterocycles. The van der Waals surface area contributed by atoms with Gasteiger partial charge in [-0.15, -0.1) is 0 Å². The molecule has 0 N–H and O–H groups in total. The summed E-state index contributed by atoms with van der Waals surface area (Å²) in [7, 11) is 0. The van der Waals surface area contributed by atoms with Crippen LogP contribution in [0.4, 0.5) is 0 Å². The molecule has 2 rings (SSSR count). The van der Waals surface area contributed by atoms with E-state index < -0.39 is 0 Å². The predicted molar refractivity (Wildman–Crippen MR) is 45.1 cm³/mol. The largest absolute Gasteiger partial charge is 0.461 e. The quantitative estimate of drug-likeness (QED) is 0.630. The molecule has 12 heavy (non-hydrogen) atoms. The molecule has 0 aromatic rings. The Hall–Kier alpha value is -1.57. The molecule has 0 fully saturated rings. The molecule has 0 radical (unpaired) electrons. The van der Waals surface area contributed by atoms with E-state index in [0.29, 0.717) is 12.2 Å². The number of rotatable bonds is 2. The molecule has 2 nitrogen and oxygen atoms in total. The Morgan fingerprint density at radius 3 is 3.00 bits per heavy atom. The van der Waals surface area contributed by atoms with E-state index in [1.807, 2.05) is 30.3 Å². The SMILES string of the molecule is O=CCc1ccc2cccc-2o1. The van der Waals surface area contributed by atoms with Gasteiger partial charge in [0.05, 0.1) is 6.42 Å². The van der Waals surface area contributed by atoms with Crippen molar-refractivity contribution in [3.63, 3.8) is 0 Å². The Morgan fingerprint density at radius 2 is 2.17 bits per heavy atom. The van der Waals surface area contributed by atoms with Crippen LogP contribution in [0, 0.1) is 0 Å². The zero-order valence-corrected chi connectivity index (χ0v) is 6.49. The second-order valence-corrected chi connectivity index (χ2v) is 2.62. The third-order valence-corrected chi connectivity index (χ3v) is 1.78. The molecular weight excluding hydrogens is 152 g/mol. The Kier molecular flexibility index (Phi) is 1.67. The van der Waals surface area contributed by atoms with Crippen LogP contribution >= 0.6 is 0 Å². The standard InChI is InChI=1S/C10H8O2/c11-7-6-9-5-4-8-2-1-3-10(8)12-9/h1-5,7H,6H2. The van der Waals surface area contributed by atoms with E-state index in [4.69, 9.17) is 4.42 Å². The third kappa shape index (κ3) is 1.11. The van der Waals surface area contributed by atoms with Crippen molar-refractivity contribution >= 4 is 6.29 Å². The molecule has 0 amide bonds. The Balaban J connectivity index is 2.47. The van der Waals surface area contributed by atoms with Gasteiger partial charge in [-0.05, 0) is 18.2 Å². The van der Waals surface area contributed by atoms with Crippen LogP contribution in [0.15, 0.2) is 34.7 Å². The van der Waals surface area contributed by atoms with Crippen LogP contribution in [0.5, 0.6) is 0 Å². The Labute approximate surface area is 70.2 Å². The molecular formula is C10H8O2. The third-order valence-electron chi connectivity index (χ3n) is 1.78. The molecule has 0 unspecified atom stereocenters. The molecule has 2 aliphatic rings. The molecule has 0 aromatic heterocycles. The minimum Gasteiger partial charge on any atom is -0.461 e. The van der Waals surface area contributed by atoms with E-state index in [9.17, 15) is 4.79 Å². The summed E-state index contributed by atoms with van der Waals surface area (Å²) in [6.07, 6.45) is 1.19. The van der Waals surface area contributed by atoms with Crippen LogP contribution in [0.1, 0.15) is 5.76 Å². The van der Waals surface area contributed by atoms with Gasteiger partial charge in [0, 0.05) is 5.56 Å². The zero-order chi connectivity index (χ0) is 8.39. The van der Waals surface area contributed by atoms with E-state index in [1.165, 1.54) is 0 Å². The molecule has 0 saturated heterocycles. The van der Waals surface area contributed by atoms with Crippen LogP contribution in [-0.2, 0) is 11.2 Å². The maximum absolute atomic E-state index is 10.2. The van der Waals surface area contributed by atoms with Gasteiger partial charge in [-0.25, -0.2) is 0 Å². The molecule has 1 heterocycles. The number of carbonyl (C=O) groups excluding carboxylic acids is 1. The zero-order valence-electron chi connectivity index (χ0n) is 6.49. The number of aldehydes is 1. The van der Waals surface area contributed by atoms with Gasteiger partial charge in [0.1, 0.15) is 17.8 Å². The van der Waals surface area contributed by atoms with E-state index in [0.717, 1.165) is 17.6 Å². The highest BCUT2D eigenvalue weighted by atomic mass is 16.3. The summed E-state index contributed by atoms with van der Waals surface area (Å²) in [5.74, 6) is 1.55. The van der Waals surface area contributed by atoms with Gasteiger partial charge in [0.25, 0.3) is 0 Å². The summed E-state index contributed by atoms with van der Waals surface area (Å²) in [4.78, 5) is 10.2. The fourth-order valence-electron chi connectivity index (χ4n) is 1.20. The van der Waals surface area contributed by atoms with Crippen molar-refractivity contribution in [1.82, 2.24) is 0 Å². The van der Waals surface area contributed by atoms with Crippen molar-refractivity contribution in [1.29, 1.82) is 0 Å². The van der Waals surface area contributed by atoms with Gasteiger partial charge in [-0.1, -0.05) is 12.1 Å². The van der Waals surface area contributed by atoms with Gasteiger partial charge in [0.15, 0.2) is 0 Å². The normalized spacial score (nSPS) is 10.3. The van der Waals surface area contributed by atoms with Crippen molar-refractivity contribution in [2.24, 2.45) is 0 Å². The van der Waals surface area contributed by atoms with Crippen LogP contribution in [0.3, 0.4) is 0 Å². The highest BCUT2D eigenvalue weighted by Gasteiger charge is 2.04. The molecule has 0 atom stereocenters. The average Bonchev–Trinajstić information content (AvgIpc) is 2.51. The number of hydrogen-bond acceptors (Lipinski definition) is 2. The average molecular weight is 160 g/mol. The van der Waals surface area contributed by atoms with Crippen LogP contribution in [0.2, 0.25) is 0 Å². The summed E-state index contributed by atoms with van der Waals surface area (Å²) >= 11 is 0. The maximum atomic E-state index is 10.2. The van der Waals surface area contributed by atoms with Gasteiger partial charge in [0.2, 0.25) is 0 Å². The summed E-state index contributed by atoms with van der Waals surface area (Å²) in [5, 5.41) is 0. The van der Waals surface area contributed by atoms with E-state index in [1.54, 1.807) is 0 Å². The van der Waals surface area contributed by atoms with Gasteiger partial charge in [-0.3, -0.25) is 0 Å². The van der Waals surface area contributed by atoms with Crippen molar-refractivity contribution in [3.8, 4) is 11.3 Å². The van der Waals surface area contributed by atoms with Crippen molar-refractivity contribution in [2.45, 2.75) is 6.42 Å². The number of hydrogen-bond donors (Lipinski definition) is 0. The molecule has 0 bridgehead atoms. The van der Waals surface area contributed by atoms with E-state index in [2.05, 4.69) is 0 Å². The van der Waals surface area contributed by atoms with E-state index >= 15 is 0 Å². The first-order valence-electron chi connectivity index (χ1n) is 3.81. The lowest BCUT2D eigenvalue weighted by Gasteiger charge is -1.99. The highest BCUT2D eigenvalue weighted by molar-refractivity contribution is 5.61. The second kappa shape index (κ2) is 2.81. The van der Waals surface area contributed by atoms with Crippen LogP contribution in [0.25, 0.3) is 11.3 Å². The summed E-state index contributed by atoms with van der Waals surface area (Å²) in [5.41, 5.74) is 1.07. The second-order valence-electron chi connectivity index (χ2n) is 2.62. The maximum Gasteiger partial charge on any atom is 0.134 e. The summed E-state index contributed by atoms with van der Waals surface area (Å²) in [6.45, 7) is 0. The molecule has 1 aliphatic carbocycles. The van der Waals surface area contributed by atoms with Crippen molar-refractivity contribution < 1.29 is 9.21 Å². The summed E-state index contributed by atoms with van der Waals surface area (Å²) in [6, 6.07) is 9.58. The number of carbonyl (C=O) groups is 1. The molecule has 0 spiro atoms. The lowest BCUT2D eigenvalue weighted by molar-refractivity contribution is -0.107. The first-order valence-corrected chi connectivity index (χ1v) is 3.81. The minimum atomic E-state index is 0.348. The lowest BCUT2D eigenvalue weighted by Crippen LogP contribution is -1.85. The van der Waals surface area contributed by atoms with Crippen molar-refractivity contribution in [3.05, 3.63) is 36.1 Å². The summed E-state index contributed by atoms with van der Waals surface area (Å²) < 4.78 is 5.41. The molecule has 0 saturated carbocycles. The van der Waals surface area contributed by atoms with Crippen LogP contribution in [-0.4, -0.2) is 6.29 Å². The van der Waals surface area contributed by atoms with Gasteiger partial charge in [-0.2, -0.15) is 0 Å².